The van der Waals surface area contributed by atoms with Gasteiger partial charge < -0.3 is 23.5 Å². The molecule has 0 N–H and O–H groups in total. The van der Waals surface area contributed by atoms with Crippen molar-refractivity contribution in [1.29, 1.82) is 0 Å². The molecule has 33 heavy (non-hydrogen) atoms. The second-order valence-corrected chi connectivity index (χ2v) is 7.64. The molecule has 170 valence electrons. The Labute approximate surface area is 194 Å². The molecule has 2 aromatic carbocycles. The van der Waals surface area contributed by atoms with E-state index in [0.717, 1.165) is 0 Å². The number of rotatable bonds is 7. The second kappa shape index (κ2) is 9.38. The van der Waals surface area contributed by atoms with E-state index in [9.17, 15) is 9.59 Å². The SMILES string of the molecule is COc1ccc(/C=C2\Oc3cc(OC(=O)CCc4cc(Cl)no4)cc(C)c3C2=O)c(OC)c1. The summed E-state index contributed by atoms with van der Waals surface area (Å²) in [5.41, 5.74) is 1.71. The van der Waals surface area contributed by atoms with Gasteiger partial charge in [-0.2, -0.15) is 0 Å². The minimum Gasteiger partial charge on any atom is -0.497 e. The van der Waals surface area contributed by atoms with Gasteiger partial charge in [-0.15, -0.1) is 0 Å². The predicted octanol–water partition coefficient (Wildman–Crippen LogP) is 4.81. The lowest BCUT2D eigenvalue weighted by Crippen LogP contribution is -2.09. The number of methoxy groups -OCH3 is 2. The van der Waals surface area contributed by atoms with Crippen LogP contribution in [0.4, 0.5) is 0 Å². The molecular formula is C24H20ClNO7. The maximum atomic E-state index is 12.9. The maximum absolute atomic E-state index is 12.9. The number of ketones is 1. The molecule has 1 aromatic heterocycles. The van der Waals surface area contributed by atoms with Crippen molar-refractivity contribution in [2.24, 2.45) is 0 Å². The highest BCUT2D eigenvalue weighted by Gasteiger charge is 2.30. The Morgan fingerprint density at radius 2 is 1.94 bits per heavy atom. The van der Waals surface area contributed by atoms with E-state index in [4.69, 9.17) is 35.1 Å². The first-order valence-corrected chi connectivity index (χ1v) is 10.4. The lowest BCUT2D eigenvalue weighted by atomic mass is 10.0. The zero-order valence-corrected chi connectivity index (χ0v) is 18.9. The number of benzene rings is 2. The van der Waals surface area contributed by atoms with Gasteiger partial charge in [-0.3, -0.25) is 9.59 Å². The molecular weight excluding hydrogens is 450 g/mol. The summed E-state index contributed by atoms with van der Waals surface area (Å²) in [6, 6.07) is 9.94. The van der Waals surface area contributed by atoms with Gasteiger partial charge in [0.25, 0.3) is 0 Å². The molecule has 0 atom stereocenters. The van der Waals surface area contributed by atoms with Crippen LogP contribution in [0.3, 0.4) is 0 Å². The van der Waals surface area contributed by atoms with Gasteiger partial charge in [0.05, 0.1) is 26.2 Å². The summed E-state index contributed by atoms with van der Waals surface area (Å²) in [6.07, 6.45) is 1.98. The van der Waals surface area contributed by atoms with Crippen LogP contribution in [0.5, 0.6) is 23.0 Å². The third kappa shape index (κ3) is 4.85. The summed E-state index contributed by atoms with van der Waals surface area (Å²) in [6.45, 7) is 1.75. The first-order chi connectivity index (χ1) is 15.9. The lowest BCUT2D eigenvalue weighted by molar-refractivity contribution is -0.134. The predicted molar refractivity (Wildman–Crippen MR) is 119 cm³/mol. The maximum Gasteiger partial charge on any atom is 0.311 e. The van der Waals surface area contributed by atoms with Crippen LogP contribution in [-0.2, 0) is 11.2 Å². The molecule has 0 bridgehead atoms. The fourth-order valence-corrected chi connectivity index (χ4v) is 3.58. The van der Waals surface area contributed by atoms with Crippen molar-refractivity contribution < 1.29 is 33.1 Å². The number of nitrogens with zero attached hydrogens (tertiary/aromatic N) is 1. The third-order valence-electron chi connectivity index (χ3n) is 5.01. The molecule has 0 saturated carbocycles. The molecule has 0 unspecified atom stereocenters. The summed E-state index contributed by atoms with van der Waals surface area (Å²) in [4.78, 5) is 25.2. The first kappa shape index (κ1) is 22.4. The second-order valence-electron chi connectivity index (χ2n) is 7.25. The van der Waals surface area contributed by atoms with Gasteiger partial charge in [-0.1, -0.05) is 16.8 Å². The summed E-state index contributed by atoms with van der Waals surface area (Å²) < 4.78 is 26.8. The molecule has 0 aliphatic carbocycles. The number of esters is 1. The molecule has 8 nitrogen and oxygen atoms in total. The summed E-state index contributed by atoms with van der Waals surface area (Å²) in [7, 11) is 3.09. The molecule has 1 aliphatic rings. The highest BCUT2D eigenvalue weighted by Crippen LogP contribution is 2.38. The molecule has 0 amide bonds. The Balaban J connectivity index is 1.51. The van der Waals surface area contributed by atoms with Gasteiger partial charge >= 0.3 is 5.97 Å². The van der Waals surface area contributed by atoms with Gasteiger partial charge in [0.1, 0.15) is 28.8 Å². The van der Waals surface area contributed by atoms with Crippen molar-refractivity contribution in [3.8, 4) is 23.0 Å². The van der Waals surface area contributed by atoms with Crippen LogP contribution in [0.1, 0.15) is 33.7 Å². The fourth-order valence-electron chi connectivity index (χ4n) is 3.43. The van der Waals surface area contributed by atoms with Crippen molar-refractivity contribution in [3.63, 3.8) is 0 Å². The number of hydrogen-bond acceptors (Lipinski definition) is 8. The zero-order chi connectivity index (χ0) is 23.5. The van der Waals surface area contributed by atoms with E-state index in [0.29, 0.717) is 46.1 Å². The number of allylic oxidation sites excluding steroid dienone is 1. The van der Waals surface area contributed by atoms with Gasteiger partial charge in [0.15, 0.2) is 10.9 Å². The summed E-state index contributed by atoms with van der Waals surface area (Å²) >= 11 is 5.70. The minimum absolute atomic E-state index is 0.0733. The minimum atomic E-state index is -0.468. The van der Waals surface area contributed by atoms with Crippen LogP contribution >= 0.6 is 11.6 Å². The Morgan fingerprint density at radius 1 is 1.12 bits per heavy atom. The number of aromatic nitrogens is 1. The van der Waals surface area contributed by atoms with Crippen LogP contribution in [0.2, 0.25) is 5.15 Å². The van der Waals surface area contributed by atoms with E-state index >= 15 is 0 Å². The number of hydrogen-bond donors (Lipinski definition) is 0. The van der Waals surface area contributed by atoms with Gasteiger partial charge in [0.2, 0.25) is 5.78 Å². The third-order valence-corrected chi connectivity index (χ3v) is 5.19. The quantitative estimate of drug-likeness (QED) is 0.276. The van der Waals surface area contributed by atoms with Crippen LogP contribution in [0.15, 0.2) is 46.7 Å². The standard InChI is InChI=1S/C24H20ClNO7/c1-13-8-17(31-22(27)7-6-16-12-21(25)26-33-16)11-19-23(13)24(28)20(32-19)9-14-4-5-15(29-2)10-18(14)30-3/h4-5,8-12H,6-7H2,1-3H3/b20-9-. The Bertz CT molecular complexity index is 1260. The lowest BCUT2D eigenvalue weighted by Gasteiger charge is -2.08. The Hall–Kier alpha value is -3.78. The van der Waals surface area contributed by atoms with Crippen LogP contribution in [0, 0.1) is 6.92 Å². The molecule has 1 aliphatic heterocycles. The van der Waals surface area contributed by atoms with Crippen molar-refractivity contribution >= 4 is 29.4 Å². The highest BCUT2D eigenvalue weighted by molar-refractivity contribution is 6.29. The van der Waals surface area contributed by atoms with E-state index in [1.165, 1.54) is 13.2 Å². The van der Waals surface area contributed by atoms with E-state index in [2.05, 4.69) is 5.16 Å². The molecule has 0 radical (unpaired) electrons. The average molecular weight is 470 g/mol. The fraction of sp³-hybridized carbons (Fsp3) is 0.208. The van der Waals surface area contributed by atoms with E-state index in [1.807, 2.05) is 0 Å². The number of halogens is 1. The normalized spacial score (nSPS) is 13.6. The number of aryl methyl sites for hydroxylation is 2. The number of carbonyl (C=O) groups is 2. The molecule has 2 heterocycles. The van der Waals surface area contributed by atoms with Crippen molar-refractivity contribution in [2.75, 3.05) is 14.2 Å². The van der Waals surface area contributed by atoms with Gasteiger partial charge in [-0.05, 0) is 36.8 Å². The molecule has 0 fully saturated rings. The highest BCUT2D eigenvalue weighted by atomic mass is 35.5. The number of Topliss-reactive ketones (excluding diaryl/α,β-unsaturated/α-hetero) is 1. The van der Waals surface area contributed by atoms with E-state index in [-0.39, 0.29) is 28.9 Å². The topological polar surface area (TPSA) is 97.1 Å². The van der Waals surface area contributed by atoms with Crippen molar-refractivity contribution in [1.82, 2.24) is 5.16 Å². The van der Waals surface area contributed by atoms with Gasteiger partial charge in [-0.25, -0.2) is 0 Å². The first-order valence-electron chi connectivity index (χ1n) is 10.0. The number of ether oxygens (including phenoxy) is 4. The molecule has 3 aromatic rings. The smallest absolute Gasteiger partial charge is 0.311 e. The zero-order valence-electron chi connectivity index (χ0n) is 18.1. The number of carbonyl (C=O) groups excluding carboxylic acids is 2. The van der Waals surface area contributed by atoms with Crippen LogP contribution < -0.4 is 18.9 Å². The molecule has 4 rings (SSSR count). The van der Waals surface area contributed by atoms with Crippen LogP contribution in [0.25, 0.3) is 6.08 Å². The molecule has 9 heteroatoms. The Kier molecular flexibility index (Phi) is 6.37. The summed E-state index contributed by atoms with van der Waals surface area (Å²) in [5.74, 6) is 1.66. The molecule has 0 saturated heterocycles. The van der Waals surface area contributed by atoms with E-state index < -0.39 is 5.97 Å². The largest absolute Gasteiger partial charge is 0.497 e. The van der Waals surface area contributed by atoms with Crippen molar-refractivity contribution in [3.05, 3.63) is 69.8 Å². The van der Waals surface area contributed by atoms with Crippen molar-refractivity contribution in [2.45, 2.75) is 19.8 Å². The van der Waals surface area contributed by atoms with Gasteiger partial charge in [0, 0.05) is 30.2 Å². The summed E-state index contributed by atoms with van der Waals surface area (Å²) in [5, 5.41) is 3.79. The van der Waals surface area contributed by atoms with E-state index in [1.54, 1.807) is 50.4 Å². The average Bonchev–Trinajstić information content (AvgIpc) is 3.35. The Morgan fingerprint density at radius 3 is 2.64 bits per heavy atom. The van der Waals surface area contributed by atoms with Crippen LogP contribution in [-0.4, -0.2) is 31.1 Å². The monoisotopic (exact) mass is 469 g/mol. The number of fused-ring (bicyclic) bond motifs is 1. The molecule has 0 spiro atoms.